The average Bonchev–Trinajstić information content (AvgIpc) is 1.56. The second-order valence-electron chi connectivity index (χ2n) is 34.1. The van der Waals surface area contributed by atoms with Gasteiger partial charge in [0.05, 0.1) is 49.8 Å². The molecular formula is C120H70N4. The second kappa shape index (κ2) is 25.6. The standard InChI is InChI=1S/C120H70N4/c1-3-21-84(22-4-1)121-110-35-15-13-29-94(110)104-62-75(44-54-113(104)121)77-46-56-115-107(65-77)97-52-42-80(70-118(97)123(115)86-48-39-72-59-71(37-38-73(72)60-86)74-40-49-91-100-33-17-31-98-87-25-9-7-19-81(87)67-108(119(98)100)102(91)61-74)79-41-51-96-106-64-76(45-55-114(106)122(117(96)69-79)85-23-5-2-6-24-85)78-47-57-116-105(63-78)95-30-14-16-36-111(95)124(116)112-58-53-89(90-27-11-12-28-93(90)112)83-43-50-92-101-34-18-32-99-88-26-10-8-20-82(88)68-109(120(99)101)103(92)66-83/h1-70H. The first-order chi connectivity index (χ1) is 61.5. The van der Waals surface area contributed by atoms with Crippen LogP contribution in [0.2, 0.25) is 0 Å². The summed E-state index contributed by atoms with van der Waals surface area (Å²) in [6.45, 7) is 0. The Labute approximate surface area is 712 Å². The summed E-state index contributed by atoms with van der Waals surface area (Å²) in [4.78, 5) is 0. The zero-order chi connectivity index (χ0) is 80.7. The van der Waals surface area contributed by atoms with Crippen molar-refractivity contribution < 1.29 is 0 Å². The first kappa shape index (κ1) is 67.5. The van der Waals surface area contributed by atoms with Crippen LogP contribution < -0.4 is 0 Å². The summed E-state index contributed by atoms with van der Waals surface area (Å²) in [5.41, 5.74) is 36.2. The largest absolute Gasteiger partial charge is 0.309 e. The molecule has 0 atom stereocenters. The van der Waals surface area contributed by atoms with Crippen LogP contribution >= 0.6 is 0 Å². The van der Waals surface area contributed by atoms with E-state index in [0.29, 0.717) is 0 Å². The van der Waals surface area contributed by atoms with E-state index in [1.165, 1.54) is 219 Å². The van der Waals surface area contributed by atoms with Crippen molar-refractivity contribution in [2.24, 2.45) is 0 Å². The van der Waals surface area contributed by atoms with Crippen molar-refractivity contribution in [2.75, 3.05) is 0 Å². The van der Waals surface area contributed by atoms with E-state index in [9.17, 15) is 0 Å². The summed E-state index contributed by atoms with van der Waals surface area (Å²) in [6, 6.07) is 160. The summed E-state index contributed by atoms with van der Waals surface area (Å²) in [5.74, 6) is 0. The summed E-state index contributed by atoms with van der Waals surface area (Å²) in [5, 5.41) is 25.0. The lowest BCUT2D eigenvalue weighted by Crippen LogP contribution is -1.96. The van der Waals surface area contributed by atoms with Crippen LogP contribution in [0.15, 0.2) is 425 Å². The van der Waals surface area contributed by atoms with Gasteiger partial charge in [-0.05, 0) is 305 Å². The van der Waals surface area contributed by atoms with Crippen LogP contribution in [-0.2, 0) is 0 Å². The van der Waals surface area contributed by atoms with Gasteiger partial charge in [-0.15, -0.1) is 0 Å². The summed E-state index contributed by atoms with van der Waals surface area (Å²) >= 11 is 0. The Hall–Kier alpha value is -16.4. The van der Waals surface area contributed by atoms with Gasteiger partial charge in [0.2, 0.25) is 0 Å². The lowest BCUT2D eigenvalue weighted by atomic mass is 9.93. The molecule has 22 aromatic carbocycles. The lowest BCUT2D eigenvalue weighted by molar-refractivity contribution is 1.18. The van der Waals surface area contributed by atoms with Gasteiger partial charge in [-0.1, -0.05) is 279 Å². The van der Waals surface area contributed by atoms with E-state index in [4.69, 9.17) is 0 Å². The van der Waals surface area contributed by atoms with Gasteiger partial charge in [0.25, 0.3) is 0 Å². The Morgan fingerprint density at radius 2 is 0.476 bits per heavy atom. The fourth-order valence-corrected chi connectivity index (χ4v) is 22.1. The molecule has 0 bridgehead atoms. The van der Waals surface area contributed by atoms with Gasteiger partial charge in [0, 0.05) is 65.5 Å². The van der Waals surface area contributed by atoms with Gasteiger partial charge >= 0.3 is 0 Å². The normalized spacial score (nSPS) is 12.4. The maximum atomic E-state index is 2.51. The Balaban J connectivity index is 0.560. The molecule has 0 unspecified atom stereocenters. The van der Waals surface area contributed by atoms with Gasteiger partial charge in [-0.3, -0.25) is 0 Å². The van der Waals surface area contributed by atoms with Crippen LogP contribution in [0.1, 0.15) is 0 Å². The van der Waals surface area contributed by atoms with E-state index in [-0.39, 0.29) is 0 Å². The molecule has 28 rings (SSSR count). The Kier molecular flexibility index (Phi) is 13.9. The molecule has 0 aliphatic heterocycles. The summed E-state index contributed by atoms with van der Waals surface area (Å²) in [7, 11) is 0. The van der Waals surface area contributed by atoms with Gasteiger partial charge in [0.1, 0.15) is 0 Å². The van der Waals surface area contributed by atoms with Crippen LogP contribution in [0.4, 0.5) is 0 Å². The molecule has 26 aromatic rings. The van der Waals surface area contributed by atoms with E-state index in [2.05, 4.69) is 443 Å². The molecular weight excluding hydrogens is 1500 g/mol. The zero-order valence-electron chi connectivity index (χ0n) is 67.2. The number of hydrogen-bond donors (Lipinski definition) is 0. The molecule has 0 amide bonds. The first-order valence-electron chi connectivity index (χ1n) is 43.1. The molecule has 4 aromatic heterocycles. The quantitative estimate of drug-likeness (QED) is 0.128. The van der Waals surface area contributed by atoms with E-state index < -0.39 is 0 Å². The van der Waals surface area contributed by atoms with Crippen molar-refractivity contribution >= 4 is 152 Å². The van der Waals surface area contributed by atoms with Crippen LogP contribution in [0, 0.1) is 0 Å². The topological polar surface area (TPSA) is 19.7 Å². The van der Waals surface area contributed by atoms with Crippen molar-refractivity contribution in [2.45, 2.75) is 0 Å². The predicted molar refractivity (Wildman–Crippen MR) is 525 cm³/mol. The molecule has 2 aliphatic carbocycles. The van der Waals surface area contributed by atoms with E-state index in [1.807, 2.05) is 0 Å². The molecule has 124 heavy (non-hydrogen) atoms. The summed E-state index contributed by atoms with van der Waals surface area (Å²) < 4.78 is 9.87. The third kappa shape index (κ3) is 9.67. The molecule has 0 saturated carbocycles. The Morgan fingerprint density at radius 3 is 1.02 bits per heavy atom. The molecule has 0 radical (unpaired) electrons. The maximum Gasteiger partial charge on any atom is 0.0547 e. The van der Waals surface area contributed by atoms with Crippen molar-refractivity contribution in [3.05, 3.63) is 425 Å². The van der Waals surface area contributed by atoms with Crippen LogP contribution in [0.5, 0.6) is 0 Å². The highest BCUT2D eigenvalue weighted by Crippen LogP contribution is 2.54. The molecule has 4 heteroatoms. The predicted octanol–water partition coefficient (Wildman–Crippen LogP) is 32.6. The fourth-order valence-electron chi connectivity index (χ4n) is 22.1. The number of nitrogens with zero attached hydrogens (tertiary/aromatic N) is 4. The highest BCUT2D eigenvalue weighted by atomic mass is 15.0. The van der Waals surface area contributed by atoms with Crippen molar-refractivity contribution in [3.63, 3.8) is 0 Å². The minimum Gasteiger partial charge on any atom is -0.309 e. The SMILES string of the molecule is c1ccc(-n2c3ccccc3c3cc(-c4ccc5c(c4)c4ccc(-c6ccc7c8cc(-c9ccc%10c(c9)c9ccccc9n%10-c9ccc(-c%10ccc%11c(c%10)-c%10cc%12ccccc%12c%12cccc-%11c%10%12)c%10ccccc9%10)ccc8n(-c8ccccc8)c7c6)cc4n5-c4ccc5cc(-c6ccc7c(c6)-c6cc8ccccc8c8cccc-7c68)ccc5c4)ccc32)cc1. The van der Waals surface area contributed by atoms with E-state index >= 15 is 0 Å². The number of aromatic nitrogens is 4. The molecule has 0 spiro atoms. The summed E-state index contributed by atoms with van der Waals surface area (Å²) in [6.07, 6.45) is 0. The van der Waals surface area contributed by atoms with Gasteiger partial charge in [-0.2, -0.15) is 0 Å². The molecule has 0 fully saturated rings. The Bertz CT molecular complexity index is 9240. The zero-order valence-corrected chi connectivity index (χ0v) is 67.2. The number of hydrogen-bond acceptors (Lipinski definition) is 0. The number of fused-ring (bicyclic) bond motifs is 24. The first-order valence-corrected chi connectivity index (χ1v) is 43.1. The van der Waals surface area contributed by atoms with Crippen molar-refractivity contribution in [1.29, 1.82) is 0 Å². The van der Waals surface area contributed by atoms with E-state index in [0.717, 1.165) is 55.9 Å². The minimum atomic E-state index is 1.11. The molecule has 2 aliphatic rings. The maximum absolute atomic E-state index is 2.51. The third-order valence-corrected chi connectivity index (χ3v) is 27.7. The number of rotatable bonds is 9. The van der Waals surface area contributed by atoms with Crippen LogP contribution in [0.3, 0.4) is 0 Å². The van der Waals surface area contributed by atoms with Gasteiger partial charge in [0.15, 0.2) is 0 Å². The number of benzene rings is 22. The Morgan fingerprint density at radius 1 is 0.121 bits per heavy atom. The molecule has 4 heterocycles. The van der Waals surface area contributed by atoms with Crippen LogP contribution in [0.25, 0.3) is 275 Å². The monoisotopic (exact) mass is 1570 g/mol. The molecule has 4 nitrogen and oxygen atoms in total. The lowest BCUT2D eigenvalue weighted by Gasteiger charge is -2.16. The number of para-hydroxylation sites is 4. The minimum absolute atomic E-state index is 1.11. The highest BCUT2D eigenvalue weighted by Gasteiger charge is 2.28. The molecule has 570 valence electrons. The average molecular weight is 1570 g/mol. The second-order valence-corrected chi connectivity index (χ2v) is 34.1. The fraction of sp³-hybridized carbons (Fsp3) is 0. The van der Waals surface area contributed by atoms with E-state index in [1.54, 1.807) is 0 Å². The van der Waals surface area contributed by atoms with Crippen molar-refractivity contribution in [3.8, 4) is 123 Å². The third-order valence-electron chi connectivity index (χ3n) is 27.7. The highest BCUT2D eigenvalue weighted by molar-refractivity contribution is 6.26. The molecule has 0 N–H and O–H groups in total. The molecule has 0 saturated heterocycles. The van der Waals surface area contributed by atoms with Crippen LogP contribution in [-0.4, -0.2) is 18.3 Å². The van der Waals surface area contributed by atoms with Crippen molar-refractivity contribution in [1.82, 2.24) is 18.3 Å². The van der Waals surface area contributed by atoms with Gasteiger partial charge < -0.3 is 18.3 Å². The smallest absolute Gasteiger partial charge is 0.0547 e. The van der Waals surface area contributed by atoms with Gasteiger partial charge in [-0.25, -0.2) is 0 Å².